The van der Waals surface area contributed by atoms with Gasteiger partial charge in [-0.2, -0.15) is 5.26 Å². The first kappa shape index (κ1) is 80.0. The quantitative estimate of drug-likeness (QED) is 0.131. The van der Waals surface area contributed by atoms with Crippen LogP contribution >= 0.6 is 11.3 Å². The van der Waals surface area contributed by atoms with Crippen molar-refractivity contribution in [2.75, 3.05) is 0 Å². The van der Waals surface area contributed by atoms with Crippen molar-refractivity contribution in [1.82, 2.24) is 28.7 Å². The maximum absolute atomic E-state index is 9.65. The molecule has 0 radical (unpaired) electrons. The van der Waals surface area contributed by atoms with Gasteiger partial charge >= 0.3 is 0 Å². The number of imidazole rings is 3. The van der Waals surface area contributed by atoms with Crippen LogP contribution in [0.3, 0.4) is 0 Å². The topological polar surface area (TPSA) is 118 Å². The van der Waals surface area contributed by atoms with Gasteiger partial charge in [-0.25, -0.2) is 15.0 Å². The molecule has 26 aromatic rings. The van der Waals surface area contributed by atoms with E-state index in [1.807, 2.05) is 65.9 Å². The number of fused-ring (bicyclic) bond motifs is 21. The summed E-state index contributed by atoms with van der Waals surface area (Å²) in [5.41, 5.74) is 30.6. The SMILES string of the molecule is CCc1nc2cccc3c2n1-c1c(cccc1-c1c2ccccc2c(-c2ccc4c(c2)C(C)(C)c2cc(C#N)ccc2-4)c2ccccc12)O3.CCc1nc2cccc3c2n1-c1c(cccc1-c1c2ccccc2c(-c2ccc4c(c2)oc2ccccc24)c2ccccc12)O3.CCc1nc2cccc3c2n1-c1c(cccc1-c1c2ccccc2c(-c2ccc4c(c2)sc2ccccc24)c2ccccc12)O3. The molecule has 1 aliphatic carbocycles. The van der Waals surface area contributed by atoms with Gasteiger partial charge in [0.2, 0.25) is 0 Å². The maximum Gasteiger partial charge on any atom is 0.153 e. The van der Waals surface area contributed by atoms with E-state index in [2.05, 4.69) is 376 Å². The number of aromatic nitrogens is 6. The minimum Gasteiger partial charge on any atom is -0.456 e. The van der Waals surface area contributed by atoms with Crippen LogP contribution in [0.1, 0.15) is 68.8 Å². The van der Waals surface area contributed by atoms with E-state index in [0.29, 0.717) is 5.56 Å². The smallest absolute Gasteiger partial charge is 0.153 e. The summed E-state index contributed by atoms with van der Waals surface area (Å²) in [6, 6.07) is 137. The minimum atomic E-state index is -0.231. The van der Waals surface area contributed by atoms with Gasteiger partial charge in [0.25, 0.3) is 0 Å². The normalized spacial score (nSPS) is 12.8. The second-order valence-corrected chi connectivity index (χ2v) is 38.3. The minimum absolute atomic E-state index is 0.231. The molecule has 0 spiro atoms. The number of ether oxygens (including phenoxy) is 3. The Morgan fingerprint density at radius 3 is 1.00 bits per heavy atom. The van der Waals surface area contributed by atoms with E-state index in [0.717, 1.165) is 166 Å². The van der Waals surface area contributed by atoms with Crippen LogP contribution in [0.2, 0.25) is 0 Å². The summed E-state index contributed by atoms with van der Waals surface area (Å²) >= 11 is 1.87. The Kier molecular flexibility index (Phi) is 17.7. The summed E-state index contributed by atoms with van der Waals surface area (Å²) in [6.45, 7) is 11.1. The molecule has 0 amide bonds. The number of rotatable bonds is 9. The number of furan rings is 1. The molecule has 21 aromatic carbocycles. The molecule has 12 heteroatoms. The van der Waals surface area contributed by atoms with Crippen molar-refractivity contribution >= 4 is 151 Å². The first-order valence-corrected chi connectivity index (χ1v) is 48.7. The van der Waals surface area contributed by atoms with E-state index in [4.69, 9.17) is 33.6 Å². The predicted molar refractivity (Wildman–Crippen MR) is 572 cm³/mol. The van der Waals surface area contributed by atoms with Gasteiger partial charge in [0.1, 0.15) is 45.2 Å². The summed E-state index contributed by atoms with van der Waals surface area (Å²) < 4.78 is 35.8. The lowest BCUT2D eigenvalue weighted by Crippen LogP contribution is -2.15. The van der Waals surface area contributed by atoms with Crippen molar-refractivity contribution in [3.63, 3.8) is 0 Å². The molecule has 0 unspecified atom stereocenters. The fraction of sp³-hybridized carbons (Fsp3) is 0.0709. The predicted octanol–water partition coefficient (Wildman–Crippen LogP) is 34.4. The zero-order valence-electron chi connectivity index (χ0n) is 76.6. The summed E-state index contributed by atoms with van der Waals surface area (Å²) in [6.07, 6.45) is 2.44. The van der Waals surface area contributed by atoms with Crippen molar-refractivity contribution in [1.29, 1.82) is 5.26 Å². The zero-order valence-corrected chi connectivity index (χ0v) is 77.4. The molecule has 139 heavy (non-hydrogen) atoms. The molecule has 11 nitrogen and oxygen atoms in total. The maximum atomic E-state index is 9.65. The fourth-order valence-corrected chi connectivity index (χ4v) is 24.6. The third-order valence-electron chi connectivity index (χ3n) is 29.4. The van der Waals surface area contributed by atoms with Crippen LogP contribution in [0.5, 0.6) is 34.5 Å². The lowest BCUT2D eigenvalue weighted by molar-refractivity contribution is 0.474. The van der Waals surface area contributed by atoms with E-state index in [1.54, 1.807) is 0 Å². The van der Waals surface area contributed by atoms with Crippen LogP contribution in [-0.2, 0) is 24.7 Å². The van der Waals surface area contributed by atoms with E-state index < -0.39 is 0 Å². The largest absolute Gasteiger partial charge is 0.456 e. The molecule has 0 bridgehead atoms. The summed E-state index contributed by atoms with van der Waals surface area (Å²) in [5.74, 6) is 8.15. The van der Waals surface area contributed by atoms with Crippen LogP contribution in [0.25, 0.3) is 235 Å². The molecule has 3 aliphatic heterocycles. The fourth-order valence-electron chi connectivity index (χ4n) is 23.5. The van der Waals surface area contributed by atoms with Crippen molar-refractivity contribution in [3.05, 3.63) is 410 Å². The summed E-state index contributed by atoms with van der Waals surface area (Å²) in [5, 5.41) is 29.1. The highest BCUT2D eigenvalue weighted by Gasteiger charge is 2.38. The van der Waals surface area contributed by atoms with Gasteiger partial charge in [0.05, 0.1) is 45.2 Å². The molecule has 4 aliphatic rings. The first-order valence-electron chi connectivity index (χ1n) is 47.8. The molecular weight excluding hydrogens is 1720 g/mol. The number of nitriles is 1. The monoisotopic (exact) mass is 1800 g/mol. The van der Waals surface area contributed by atoms with Crippen LogP contribution < -0.4 is 14.2 Å². The molecule has 5 aromatic heterocycles. The standard InChI is InChI=1S/C45H31N3O.C41H26N2O2.C41H26N2OS/c1-4-40-47-37-16-10-18-39-44(37)48(40)43-34(15-9-17-38(43)49-39)42-32-13-7-5-11-30(32)41(31-12-6-8-14-33(31)42)27-20-22-29-28-21-19-26(25-46)23-35(28)45(2,3)36(29)24-27;1-2-37-42-32-17-10-20-35-41(32)43(37)40-31(16-9-19-34(40)45-35)39-29-14-5-3-12-27(29)38(28-13-4-6-15-30(28)39)24-21-22-26-25-11-7-8-18-33(25)44-36(26)23-24;1-2-37-42-32-17-10-19-34-41(32)43(37)40-31(16-9-18-33(40)44-34)39-29-14-5-3-12-27(29)38(28-13-4-6-15-30(28)39)24-21-22-26-25-11-7-8-20-35(25)45-36(26)23-24/h5-24H,4H2,1-3H3;2*3-23H,2H2,1H3. The average molecular weight is 1800 g/mol. The Balaban J connectivity index is 0.000000103. The highest BCUT2D eigenvalue weighted by molar-refractivity contribution is 7.25. The van der Waals surface area contributed by atoms with Crippen LogP contribution in [0.4, 0.5) is 0 Å². The van der Waals surface area contributed by atoms with Gasteiger partial charge in [-0.1, -0.05) is 308 Å². The van der Waals surface area contributed by atoms with Crippen molar-refractivity contribution in [2.45, 2.75) is 59.3 Å². The number of nitrogens with zero attached hydrogens (tertiary/aromatic N) is 7. The number of benzene rings is 21. The molecule has 0 fully saturated rings. The third-order valence-corrected chi connectivity index (χ3v) is 30.6. The van der Waals surface area contributed by atoms with Gasteiger partial charge < -0.3 is 18.6 Å². The second-order valence-electron chi connectivity index (χ2n) is 37.2. The average Bonchev–Trinajstić information content (AvgIpc) is 1.71. The molecular formula is C127H83N7O4S. The first-order chi connectivity index (χ1) is 68.5. The van der Waals surface area contributed by atoms with E-state index in [-0.39, 0.29) is 5.41 Å². The Morgan fingerprint density at radius 2 is 0.590 bits per heavy atom. The van der Waals surface area contributed by atoms with Crippen LogP contribution in [0, 0.1) is 11.3 Å². The number of aryl methyl sites for hydroxylation is 3. The number of hydrogen-bond donors (Lipinski definition) is 0. The van der Waals surface area contributed by atoms with Crippen molar-refractivity contribution < 1.29 is 18.6 Å². The van der Waals surface area contributed by atoms with Gasteiger partial charge in [0.15, 0.2) is 34.5 Å². The van der Waals surface area contributed by atoms with Crippen molar-refractivity contribution in [3.8, 4) is 136 Å². The van der Waals surface area contributed by atoms with E-state index >= 15 is 0 Å². The molecule has 0 saturated heterocycles. The molecule has 30 rings (SSSR count). The number of thiophene rings is 1. The van der Waals surface area contributed by atoms with Gasteiger partial charge in [0, 0.05) is 72.3 Å². The lowest BCUT2D eigenvalue weighted by atomic mass is 9.80. The molecule has 0 N–H and O–H groups in total. The zero-order chi connectivity index (χ0) is 92.3. The third kappa shape index (κ3) is 11.8. The summed E-state index contributed by atoms with van der Waals surface area (Å²) in [4.78, 5) is 15.1. The van der Waals surface area contributed by atoms with Crippen LogP contribution in [-0.4, -0.2) is 28.7 Å². The molecule has 8 heterocycles. The van der Waals surface area contributed by atoms with Gasteiger partial charge in [-0.3, -0.25) is 13.7 Å². The van der Waals surface area contributed by atoms with Gasteiger partial charge in [-0.15, -0.1) is 11.3 Å². The Labute approximate surface area is 803 Å². The van der Waals surface area contributed by atoms with Crippen molar-refractivity contribution in [2.24, 2.45) is 0 Å². The van der Waals surface area contributed by atoms with E-state index in [1.165, 1.54) is 152 Å². The second kappa shape index (κ2) is 30.8. The van der Waals surface area contributed by atoms with Crippen LogP contribution in [0.15, 0.2) is 381 Å². The van der Waals surface area contributed by atoms with Gasteiger partial charge in [-0.05, 0) is 240 Å². The molecule has 0 saturated carbocycles. The Morgan fingerprint density at radius 1 is 0.273 bits per heavy atom. The highest BCUT2D eigenvalue weighted by atomic mass is 32.1. The lowest BCUT2D eigenvalue weighted by Gasteiger charge is -2.26. The van der Waals surface area contributed by atoms with E-state index in [9.17, 15) is 5.26 Å². The Bertz CT molecular complexity index is 9380. The number of hydrogen-bond acceptors (Lipinski definition) is 9. The number of para-hydroxylation sites is 7. The summed E-state index contributed by atoms with van der Waals surface area (Å²) in [7, 11) is 0. The Hall–Kier alpha value is -17.5. The highest BCUT2D eigenvalue weighted by Crippen LogP contribution is 2.58. The molecule has 656 valence electrons. The molecule has 0 atom stereocenters.